The van der Waals surface area contributed by atoms with Crippen molar-refractivity contribution in [3.8, 4) is 0 Å². The first-order valence-electron chi connectivity index (χ1n) is 9.43. The molecule has 0 aromatic rings. The predicted octanol–water partition coefficient (Wildman–Crippen LogP) is 2.76. The smallest absolute Gasteiger partial charge is 0.410 e. The fourth-order valence-electron chi connectivity index (χ4n) is 4.26. The average Bonchev–Trinajstić information content (AvgIpc) is 2.49. The SMILES string of the molecule is COC(=O)CCCCC1C2CN(C)CC1CN(C(=O)OC(C)(C)C)C2. The Morgan fingerprint density at radius 2 is 1.64 bits per heavy atom. The second-order valence-electron chi connectivity index (χ2n) is 8.61. The lowest BCUT2D eigenvalue weighted by Crippen LogP contribution is -2.58. The Bertz CT molecular complexity index is 459. The van der Waals surface area contributed by atoms with Gasteiger partial charge in [-0.3, -0.25) is 4.79 Å². The first-order chi connectivity index (χ1) is 11.7. The number of rotatable bonds is 5. The van der Waals surface area contributed by atoms with Crippen molar-refractivity contribution in [2.45, 2.75) is 52.1 Å². The fraction of sp³-hybridized carbons (Fsp3) is 0.895. The molecule has 2 bridgehead atoms. The maximum absolute atomic E-state index is 12.4. The van der Waals surface area contributed by atoms with Gasteiger partial charge in [-0.1, -0.05) is 6.42 Å². The number of fused-ring (bicyclic) bond motifs is 2. The van der Waals surface area contributed by atoms with Gasteiger partial charge in [0.15, 0.2) is 0 Å². The van der Waals surface area contributed by atoms with Gasteiger partial charge in [-0.2, -0.15) is 0 Å². The molecule has 2 unspecified atom stereocenters. The number of amides is 1. The number of likely N-dealkylation sites (tertiary alicyclic amines) is 2. The molecule has 0 radical (unpaired) electrons. The molecule has 2 rings (SSSR count). The summed E-state index contributed by atoms with van der Waals surface area (Å²) in [6, 6.07) is 0. The number of nitrogens with zero attached hydrogens (tertiary/aromatic N) is 2. The zero-order valence-corrected chi connectivity index (χ0v) is 16.4. The maximum Gasteiger partial charge on any atom is 0.410 e. The van der Waals surface area contributed by atoms with Crippen LogP contribution in [-0.2, 0) is 14.3 Å². The predicted molar refractivity (Wildman–Crippen MR) is 96.3 cm³/mol. The summed E-state index contributed by atoms with van der Waals surface area (Å²) in [5.41, 5.74) is -0.451. The number of esters is 1. The summed E-state index contributed by atoms with van der Waals surface area (Å²) in [7, 11) is 3.60. The Kier molecular flexibility index (Phi) is 6.72. The van der Waals surface area contributed by atoms with Gasteiger partial charge in [0.1, 0.15) is 5.60 Å². The molecule has 2 fully saturated rings. The summed E-state index contributed by atoms with van der Waals surface area (Å²) < 4.78 is 10.3. The van der Waals surface area contributed by atoms with Crippen molar-refractivity contribution in [3.63, 3.8) is 0 Å². The number of carbonyl (C=O) groups excluding carboxylic acids is 2. The van der Waals surface area contributed by atoms with Gasteiger partial charge in [-0.05, 0) is 58.4 Å². The molecule has 0 N–H and O–H groups in total. The minimum Gasteiger partial charge on any atom is -0.469 e. The maximum atomic E-state index is 12.4. The van der Waals surface area contributed by atoms with Gasteiger partial charge in [-0.25, -0.2) is 4.79 Å². The van der Waals surface area contributed by atoms with Crippen LogP contribution in [0.25, 0.3) is 0 Å². The number of piperidine rings is 2. The third-order valence-electron chi connectivity index (χ3n) is 5.26. The molecular formula is C19H34N2O4. The van der Waals surface area contributed by atoms with Gasteiger partial charge in [-0.15, -0.1) is 0 Å². The van der Waals surface area contributed by atoms with Gasteiger partial charge in [0.25, 0.3) is 0 Å². The van der Waals surface area contributed by atoms with E-state index in [-0.39, 0.29) is 12.1 Å². The van der Waals surface area contributed by atoms with E-state index in [9.17, 15) is 9.59 Å². The average molecular weight is 354 g/mol. The zero-order valence-electron chi connectivity index (χ0n) is 16.4. The molecule has 2 aliphatic heterocycles. The van der Waals surface area contributed by atoms with Crippen LogP contribution in [0.3, 0.4) is 0 Å². The van der Waals surface area contributed by atoms with Crippen molar-refractivity contribution in [1.29, 1.82) is 0 Å². The Morgan fingerprint density at radius 3 is 2.16 bits per heavy atom. The summed E-state index contributed by atoms with van der Waals surface area (Å²) in [4.78, 5) is 28.0. The third kappa shape index (κ3) is 5.87. The van der Waals surface area contributed by atoms with Crippen molar-refractivity contribution in [2.75, 3.05) is 40.3 Å². The van der Waals surface area contributed by atoms with Crippen LogP contribution in [0.2, 0.25) is 0 Å². The lowest BCUT2D eigenvalue weighted by Gasteiger charge is -2.50. The lowest BCUT2D eigenvalue weighted by molar-refractivity contribution is -0.140. The number of unbranched alkanes of at least 4 members (excludes halogenated alkanes) is 1. The van der Waals surface area contributed by atoms with Crippen molar-refractivity contribution >= 4 is 12.1 Å². The summed E-state index contributed by atoms with van der Waals surface area (Å²) in [5.74, 6) is 1.48. The van der Waals surface area contributed by atoms with Crippen LogP contribution in [0.1, 0.15) is 46.5 Å². The van der Waals surface area contributed by atoms with Gasteiger partial charge < -0.3 is 19.3 Å². The molecular weight excluding hydrogens is 320 g/mol. The summed E-state index contributed by atoms with van der Waals surface area (Å²) in [6.07, 6.45) is 3.37. The Balaban J connectivity index is 1.90. The number of hydrogen-bond donors (Lipinski definition) is 0. The second kappa shape index (κ2) is 8.39. The summed E-state index contributed by atoms with van der Waals surface area (Å²) >= 11 is 0. The molecule has 0 spiro atoms. The third-order valence-corrected chi connectivity index (χ3v) is 5.26. The monoisotopic (exact) mass is 354 g/mol. The van der Waals surface area contributed by atoms with Gasteiger partial charge >= 0.3 is 12.1 Å². The van der Waals surface area contributed by atoms with E-state index in [1.54, 1.807) is 0 Å². The minimum atomic E-state index is -0.451. The second-order valence-corrected chi connectivity index (χ2v) is 8.61. The van der Waals surface area contributed by atoms with Crippen molar-refractivity contribution in [3.05, 3.63) is 0 Å². The highest BCUT2D eigenvalue weighted by Gasteiger charge is 2.42. The van der Waals surface area contributed by atoms with E-state index in [1.165, 1.54) is 7.11 Å². The topological polar surface area (TPSA) is 59.1 Å². The normalized spacial score (nSPS) is 27.1. The first kappa shape index (κ1) is 20.0. The molecule has 1 amide bonds. The van der Waals surface area contributed by atoms with E-state index in [0.717, 1.165) is 45.4 Å². The molecule has 0 saturated carbocycles. The standard InChI is InChI=1S/C19H34N2O4/c1-19(2,3)25-18(23)21-12-14-10-20(4)11-15(13-21)16(14)8-6-7-9-17(22)24-5/h14-16H,6-13H2,1-5H3. The molecule has 0 aromatic carbocycles. The molecule has 0 aromatic heterocycles. The fourth-order valence-corrected chi connectivity index (χ4v) is 4.26. The number of hydrogen-bond acceptors (Lipinski definition) is 5. The van der Waals surface area contributed by atoms with Gasteiger partial charge in [0.05, 0.1) is 7.11 Å². The number of carbonyl (C=O) groups is 2. The van der Waals surface area contributed by atoms with E-state index in [1.807, 2.05) is 25.7 Å². The highest BCUT2D eigenvalue weighted by Crippen LogP contribution is 2.37. The largest absolute Gasteiger partial charge is 0.469 e. The first-order valence-corrected chi connectivity index (χ1v) is 9.43. The molecule has 2 aliphatic rings. The lowest BCUT2D eigenvalue weighted by atomic mass is 9.72. The van der Waals surface area contributed by atoms with Crippen molar-refractivity contribution in [1.82, 2.24) is 9.80 Å². The molecule has 2 heterocycles. The van der Waals surface area contributed by atoms with E-state index in [4.69, 9.17) is 9.47 Å². The minimum absolute atomic E-state index is 0.125. The van der Waals surface area contributed by atoms with Crippen molar-refractivity contribution < 1.29 is 19.1 Å². The zero-order chi connectivity index (χ0) is 18.6. The van der Waals surface area contributed by atoms with Crippen LogP contribution in [0.5, 0.6) is 0 Å². The highest BCUT2D eigenvalue weighted by molar-refractivity contribution is 5.69. The molecule has 25 heavy (non-hydrogen) atoms. The molecule has 6 heteroatoms. The Morgan fingerprint density at radius 1 is 1.04 bits per heavy atom. The van der Waals surface area contributed by atoms with E-state index >= 15 is 0 Å². The number of ether oxygens (including phenoxy) is 2. The van der Waals surface area contributed by atoms with Crippen LogP contribution in [0.15, 0.2) is 0 Å². The van der Waals surface area contributed by atoms with E-state index in [2.05, 4.69) is 11.9 Å². The molecule has 2 saturated heterocycles. The number of methoxy groups -OCH3 is 1. The van der Waals surface area contributed by atoms with Crippen LogP contribution in [0.4, 0.5) is 4.79 Å². The van der Waals surface area contributed by atoms with Crippen LogP contribution in [-0.4, -0.2) is 67.8 Å². The van der Waals surface area contributed by atoms with E-state index in [0.29, 0.717) is 24.2 Å². The summed E-state index contributed by atoms with van der Waals surface area (Å²) in [6.45, 7) is 9.33. The van der Waals surface area contributed by atoms with Crippen LogP contribution < -0.4 is 0 Å². The van der Waals surface area contributed by atoms with Gasteiger partial charge in [0.2, 0.25) is 0 Å². The van der Waals surface area contributed by atoms with Crippen molar-refractivity contribution in [2.24, 2.45) is 17.8 Å². The molecule has 144 valence electrons. The van der Waals surface area contributed by atoms with Gasteiger partial charge in [0, 0.05) is 32.6 Å². The Labute approximate surface area is 151 Å². The molecule has 2 atom stereocenters. The summed E-state index contributed by atoms with van der Waals surface area (Å²) in [5, 5.41) is 0. The van der Waals surface area contributed by atoms with E-state index < -0.39 is 5.60 Å². The van der Waals surface area contributed by atoms with Crippen LogP contribution >= 0.6 is 0 Å². The van der Waals surface area contributed by atoms with Crippen LogP contribution in [0, 0.1) is 17.8 Å². The molecule has 0 aliphatic carbocycles. The Hall–Kier alpha value is -1.30. The molecule has 6 nitrogen and oxygen atoms in total. The quantitative estimate of drug-likeness (QED) is 0.561. The highest BCUT2D eigenvalue weighted by atomic mass is 16.6.